The lowest BCUT2D eigenvalue weighted by Gasteiger charge is -2.18. The summed E-state index contributed by atoms with van der Waals surface area (Å²) in [6.07, 6.45) is 2.24. The fraction of sp³-hybridized carbons (Fsp3) is 0.444. The van der Waals surface area contributed by atoms with Crippen LogP contribution in [0.4, 0.5) is 0 Å². The molecule has 5 nitrogen and oxygen atoms in total. The lowest BCUT2D eigenvalue weighted by atomic mass is 10.0. The Morgan fingerprint density at radius 1 is 1.13 bits per heavy atom. The summed E-state index contributed by atoms with van der Waals surface area (Å²) >= 11 is 0. The molecule has 23 heavy (non-hydrogen) atoms. The van der Waals surface area contributed by atoms with Crippen molar-refractivity contribution >= 4 is 11.9 Å². The molecule has 0 bridgehead atoms. The molecular weight excluding hydrogens is 296 g/mol. The molecule has 0 saturated carbocycles. The molecule has 0 fully saturated rings. The number of methoxy groups -OCH3 is 1. The molecule has 0 radical (unpaired) electrons. The maximum absolute atomic E-state index is 11.6. The van der Waals surface area contributed by atoms with Crippen molar-refractivity contribution in [3.05, 3.63) is 48.0 Å². The van der Waals surface area contributed by atoms with Crippen molar-refractivity contribution in [2.45, 2.75) is 39.6 Å². The Bertz CT molecular complexity index is 523. The molecule has 1 aromatic carbocycles. The molecule has 3 atom stereocenters. The lowest BCUT2D eigenvalue weighted by Crippen LogP contribution is -2.26. The van der Waals surface area contributed by atoms with Crippen molar-refractivity contribution in [3.8, 4) is 0 Å². The summed E-state index contributed by atoms with van der Waals surface area (Å²) in [6, 6.07) is 9.89. The van der Waals surface area contributed by atoms with Gasteiger partial charge in [0.15, 0.2) is 0 Å². The normalized spacial score (nSPS) is 15.0. The van der Waals surface area contributed by atoms with E-state index >= 15 is 0 Å². The van der Waals surface area contributed by atoms with Crippen molar-refractivity contribution in [2.75, 3.05) is 7.11 Å². The van der Waals surface area contributed by atoms with Crippen molar-refractivity contribution in [1.29, 1.82) is 0 Å². The fourth-order valence-electron chi connectivity index (χ4n) is 1.85. The third kappa shape index (κ3) is 7.10. The average molecular weight is 320 g/mol. The van der Waals surface area contributed by atoms with Gasteiger partial charge in [0.25, 0.3) is 0 Å². The van der Waals surface area contributed by atoms with Crippen LogP contribution < -0.4 is 0 Å². The third-order valence-electron chi connectivity index (χ3n) is 3.41. The highest BCUT2D eigenvalue weighted by atomic mass is 16.6. The number of carbonyl (C=O) groups excluding carboxylic acids is 2. The highest BCUT2D eigenvalue weighted by Gasteiger charge is 2.20. The first-order valence-electron chi connectivity index (χ1n) is 7.53. The first kappa shape index (κ1) is 18.9. The Morgan fingerprint density at radius 3 is 2.35 bits per heavy atom. The summed E-state index contributed by atoms with van der Waals surface area (Å²) in [5, 5.41) is 0. The number of benzene rings is 1. The van der Waals surface area contributed by atoms with Crippen LogP contribution >= 0.6 is 0 Å². The molecule has 0 amide bonds. The molecule has 0 aromatic heterocycles. The van der Waals surface area contributed by atoms with E-state index in [1.165, 1.54) is 20.1 Å². The second-order valence-electron chi connectivity index (χ2n) is 5.30. The summed E-state index contributed by atoms with van der Waals surface area (Å²) in [5.41, 5.74) is 1.10. The van der Waals surface area contributed by atoms with E-state index in [9.17, 15) is 9.59 Å². The van der Waals surface area contributed by atoms with Crippen molar-refractivity contribution < 1.29 is 23.8 Å². The van der Waals surface area contributed by atoms with Gasteiger partial charge in [-0.25, -0.2) is 4.79 Å². The molecule has 0 aliphatic rings. The number of esters is 2. The van der Waals surface area contributed by atoms with E-state index in [1.54, 1.807) is 6.08 Å². The van der Waals surface area contributed by atoms with Gasteiger partial charge in [-0.05, 0) is 18.6 Å². The predicted molar refractivity (Wildman–Crippen MR) is 86.6 cm³/mol. The molecule has 0 aliphatic heterocycles. The van der Waals surface area contributed by atoms with Gasteiger partial charge in [-0.2, -0.15) is 0 Å². The summed E-state index contributed by atoms with van der Waals surface area (Å²) < 4.78 is 15.3. The Kier molecular flexibility index (Phi) is 8.05. The zero-order valence-electron chi connectivity index (χ0n) is 14.0. The lowest BCUT2D eigenvalue weighted by molar-refractivity contribution is -0.161. The Hall–Kier alpha value is -2.14. The van der Waals surface area contributed by atoms with Gasteiger partial charge in [0.2, 0.25) is 6.10 Å². The predicted octanol–water partition coefficient (Wildman–Crippen LogP) is 2.89. The summed E-state index contributed by atoms with van der Waals surface area (Å²) in [4.78, 5) is 22.6. The molecule has 126 valence electrons. The largest absolute Gasteiger partial charge is 0.466 e. The maximum Gasteiger partial charge on any atom is 0.351 e. The van der Waals surface area contributed by atoms with Gasteiger partial charge in [-0.3, -0.25) is 4.79 Å². The van der Waals surface area contributed by atoms with Crippen molar-refractivity contribution in [3.63, 3.8) is 0 Å². The molecule has 0 saturated heterocycles. The Labute approximate surface area is 137 Å². The number of carbonyl (C=O) groups is 2. The molecule has 1 rings (SSSR count). The molecule has 0 heterocycles. The monoisotopic (exact) mass is 320 g/mol. The van der Waals surface area contributed by atoms with Crippen LogP contribution in [-0.4, -0.2) is 31.3 Å². The van der Waals surface area contributed by atoms with Crippen LogP contribution in [0.25, 0.3) is 0 Å². The summed E-state index contributed by atoms with van der Waals surface area (Å²) in [5.74, 6) is -1.10. The van der Waals surface area contributed by atoms with Crippen LogP contribution in [0.15, 0.2) is 42.5 Å². The summed E-state index contributed by atoms with van der Waals surface area (Å²) in [6.45, 7) is 5.69. The Morgan fingerprint density at radius 2 is 1.78 bits per heavy atom. The molecule has 1 aromatic rings. The highest BCUT2D eigenvalue weighted by molar-refractivity contribution is 5.80. The summed E-state index contributed by atoms with van der Waals surface area (Å²) in [7, 11) is 1.25. The van der Waals surface area contributed by atoms with Crippen molar-refractivity contribution in [1.82, 2.24) is 0 Å². The second kappa shape index (κ2) is 9.79. The minimum atomic E-state index is -1.03. The molecular formula is C18H24O5. The number of hydrogen-bond acceptors (Lipinski definition) is 5. The van der Waals surface area contributed by atoms with Crippen LogP contribution in [-0.2, 0) is 30.4 Å². The van der Waals surface area contributed by atoms with E-state index in [-0.39, 0.29) is 12.0 Å². The first-order chi connectivity index (χ1) is 10.9. The van der Waals surface area contributed by atoms with Gasteiger partial charge in [-0.1, -0.05) is 43.3 Å². The maximum atomic E-state index is 11.6. The fourth-order valence-corrected chi connectivity index (χ4v) is 1.85. The van der Waals surface area contributed by atoms with Crippen LogP contribution in [0.3, 0.4) is 0 Å². The zero-order chi connectivity index (χ0) is 17.2. The van der Waals surface area contributed by atoms with E-state index in [0.717, 1.165) is 5.56 Å². The van der Waals surface area contributed by atoms with E-state index in [2.05, 4.69) is 4.74 Å². The third-order valence-corrected chi connectivity index (χ3v) is 3.41. The molecule has 0 N–H and O–H groups in total. The van der Waals surface area contributed by atoms with E-state index in [4.69, 9.17) is 9.47 Å². The van der Waals surface area contributed by atoms with Crippen LogP contribution in [0, 0.1) is 5.92 Å². The van der Waals surface area contributed by atoms with Gasteiger partial charge in [0.1, 0.15) is 0 Å². The quantitative estimate of drug-likeness (QED) is 0.544. The topological polar surface area (TPSA) is 61.8 Å². The van der Waals surface area contributed by atoms with Crippen LogP contribution in [0.1, 0.15) is 26.3 Å². The Balaban J connectivity index is 2.55. The zero-order valence-corrected chi connectivity index (χ0v) is 14.0. The van der Waals surface area contributed by atoms with Gasteiger partial charge in [0.05, 0.1) is 19.8 Å². The van der Waals surface area contributed by atoms with Gasteiger partial charge in [0, 0.05) is 12.8 Å². The van der Waals surface area contributed by atoms with Gasteiger partial charge in [-0.15, -0.1) is 0 Å². The van der Waals surface area contributed by atoms with E-state index < -0.39 is 18.0 Å². The minimum Gasteiger partial charge on any atom is -0.466 e. The second-order valence-corrected chi connectivity index (χ2v) is 5.30. The highest BCUT2D eigenvalue weighted by Crippen LogP contribution is 2.13. The van der Waals surface area contributed by atoms with Gasteiger partial charge < -0.3 is 14.2 Å². The van der Waals surface area contributed by atoms with Crippen LogP contribution in [0.2, 0.25) is 0 Å². The van der Waals surface area contributed by atoms with E-state index in [1.807, 2.05) is 44.2 Å². The number of rotatable bonds is 8. The van der Waals surface area contributed by atoms with Crippen molar-refractivity contribution in [2.24, 2.45) is 5.92 Å². The molecule has 0 aliphatic carbocycles. The first-order valence-corrected chi connectivity index (χ1v) is 7.53. The molecule has 0 unspecified atom stereocenters. The molecule has 0 spiro atoms. The average Bonchev–Trinajstić information content (AvgIpc) is 2.55. The SMILES string of the molecule is COC(=O)[C@@H](/C=C/[C@H](C)[C@H](C)OCc1ccccc1)OC(C)=O. The standard InChI is InChI=1S/C18H24O5/c1-13(10-11-17(18(20)21-4)23-15(3)19)14(2)22-12-16-8-6-5-7-9-16/h5-11,13-14,17H,12H2,1-4H3/b11-10+/t13-,14-,17+/m0/s1. The minimum absolute atomic E-state index is 0.0430. The van der Waals surface area contributed by atoms with Crippen LogP contribution in [0.5, 0.6) is 0 Å². The molecule has 5 heteroatoms. The van der Waals surface area contributed by atoms with Gasteiger partial charge >= 0.3 is 11.9 Å². The number of hydrogen-bond donors (Lipinski definition) is 0. The smallest absolute Gasteiger partial charge is 0.351 e. The number of ether oxygens (including phenoxy) is 3. The van der Waals surface area contributed by atoms with E-state index in [0.29, 0.717) is 6.61 Å².